The molecule has 0 spiro atoms. The monoisotopic (exact) mass is 474 g/mol. The van der Waals surface area contributed by atoms with Gasteiger partial charge in [-0.05, 0) is 30.7 Å². The molecule has 31 heavy (non-hydrogen) atoms. The van der Waals surface area contributed by atoms with Gasteiger partial charge in [-0.2, -0.15) is 4.31 Å². The number of nitrogens with one attached hydrogen (secondary N) is 1. The van der Waals surface area contributed by atoms with Crippen molar-refractivity contribution in [2.75, 3.05) is 18.9 Å². The van der Waals surface area contributed by atoms with Crippen LogP contribution >= 0.6 is 22.9 Å². The van der Waals surface area contributed by atoms with Crippen molar-refractivity contribution in [3.8, 4) is 11.3 Å². The number of nitrogens with zero attached hydrogens (tertiary/aromatic N) is 3. The molecule has 0 saturated carbocycles. The molecule has 10 heteroatoms. The summed E-state index contributed by atoms with van der Waals surface area (Å²) in [6.45, 7) is 1.59. The predicted octanol–water partition coefficient (Wildman–Crippen LogP) is 4.28. The third-order valence-corrected chi connectivity index (χ3v) is 8.15. The second kappa shape index (κ2) is 8.43. The Morgan fingerprint density at radius 2 is 1.90 bits per heavy atom. The fourth-order valence-corrected chi connectivity index (χ4v) is 5.94. The standard InChI is InChI=1S/C21H19ClN4O3S2/c1-14-8-10-17-23-20(15-6-4-3-5-7-15)21(26(17)12-14)24-18(27)13-25(2)31(28,29)19-11-9-16(22)30-19/h3-12H,13H2,1-2H3,(H,24,27). The van der Waals surface area contributed by atoms with E-state index in [0.717, 1.165) is 26.8 Å². The van der Waals surface area contributed by atoms with Crippen LogP contribution in [0.4, 0.5) is 5.82 Å². The largest absolute Gasteiger partial charge is 0.309 e. The molecule has 0 aliphatic carbocycles. The van der Waals surface area contributed by atoms with Crippen LogP contribution in [0.25, 0.3) is 16.9 Å². The van der Waals surface area contributed by atoms with E-state index in [2.05, 4.69) is 10.3 Å². The number of anilines is 1. The first kappa shape index (κ1) is 21.5. The summed E-state index contributed by atoms with van der Waals surface area (Å²) in [5.74, 6) is 0.00841. The minimum Gasteiger partial charge on any atom is -0.309 e. The first-order chi connectivity index (χ1) is 14.8. The molecule has 0 fully saturated rings. The van der Waals surface area contributed by atoms with Crippen molar-refractivity contribution in [3.05, 3.63) is 70.7 Å². The van der Waals surface area contributed by atoms with Gasteiger partial charge in [-0.3, -0.25) is 9.20 Å². The molecule has 0 aliphatic heterocycles. The number of carbonyl (C=O) groups is 1. The fraction of sp³-hybridized carbons (Fsp3) is 0.143. The lowest BCUT2D eigenvalue weighted by Gasteiger charge is -2.16. The molecular weight excluding hydrogens is 456 g/mol. The first-order valence-corrected chi connectivity index (χ1v) is 11.9. The van der Waals surface area contributed by atoms with E-state index in [9.17, 15) is 13.2 Å². The Balaban J connectivity index is 1.65. The Morgan fingerprint density at radius 1 is 1.16 bits per heavy atom. The van der Waals surface area contributed by atoms with Gasteiger partial charge < -0.3 is 5.32 Å². The van der Waals surface area contributed by atoms with Crippen LogP contribution in [0.1, 0.15) is 5.56 Å². The highest BCUT2D eigenvalue weighted by Gasteiger charge is 2.26. The van der Waals surface area contributed by atoms with Crippen LogP contribution in [-0.2, 0) is 14.8 Å². The predicted molar refractivity (Wildman–Crippen MR) is 123 cm³/mol. The second-order valence-corrected chi connectivity index (χ2v) is 11.0. The van der Waals surface area contributed by atoms with Crippen molar-refractivity contribution in [2.24, 2.45) is 0 Å². The minimum atomic E-state index is -3.82. The van der Waals surface area contributed by atoms with Crippen molar-refractivity contribution < 1.29 is 13.2 Å². The maximum absolute atomic E-state index is 12.8. The van der Waals surface area contributed by atoms with Crippen molar-refractivity contribution in [3.63, 3.8) is 0 Å². The van der Waals surface area contributed by atoms with Crippen molar-refractivity contribution in [1.29, 1.82) is 0 Å². The number of rotatable bonds is 6. The van der Waals surface area contributed by atoms with E-state index in [0.29, 0.717) is 21.5 Å². The zero-order valence-electron chi connectivity index (χ0n) is 16.7. The number of imidazole rings is 1. The molecule has 0 aliphatic rings. The Hall–Kier alpha value is -2.72. The lowest BCUT2D eigenvalue weighted by Crippen LogP contribution is -2.34. The van der Waals surface area contributed by atoms with Crippen LogP contribution in [0.15, 0.2) is 65.0 Å². The smallest absolute Gasteiger partial charge is 0.252 e. The van der Waals surface area contributed by atoms with Gasteiger partial charge in [0, 0.05) is 18.8 Å². The van der Waals surface area contributed by atoms with Crippen molar-refractivity contribution in [2.45, 2.75) is 11.1 Å². The number of thiophene rings is 1. The third-order valence-electron chi connectivity index (χ3n) is 4.65. The zero-order chi connectivity index (χ0) is 22.2. The van der Waals surface area contributed by atoms with Gasteiger partial charge >= 0.3 is 0 Å². The number of fused-ring (bicyclic) bond motifs is 1. The van der Waals surface area contributed by atoms with E-state index in [1.807, 2.05) is 55.6 Å². The Morgan fingerprint density at radius 3 is 2.58 bits per heavy atom. The lowest BCUT2D eigenvalue weighted by atomic mass is 10.1. The van der Waals surface area contributed by atoms with Gasteiger partial charge in [-0.1, -0.05) is 48.0 Å². The molecule has 0 radical (unpaired) electrons. The van der Waals surface area contributed by atoms with Gasteiger partial charge in [-0.25, -0.2) is 13.4 Å². The van der Waals surface area contributed by atoms with Gasteiger partial charge in [0.1, 0.15) is 21.4 Å². The number of hydrogen-bond acceptors (Lipinski definition) is 5. The molecule has 4 aromatic rings. The van der Waals surface area contributed by atoms with E-state index in [-0.39, 0.29) is 10.8 Å². The normalized spacial score (nSPS) is 11.9. The van der Waals surface area contributed by atoms with Crippen molar-refractivity contribution >= 4 is 50.3 Å². The molecule has 0 atom stereocenters. The van der Waals surface area contributed by atoms with E-state index in [4.69, 9.17) is 11.6 Å². The number of amides is 1. The average molecular weight is 475 g/mol. The summed E-state index contributed by atoms with van der Waals surface area (Å²) in [7, 11) is -2.46. The highest BCUT2D eigenvalue weighted by molar-refractivity contribution is 7.91. The molecule has 1 amide bonds. The van der Waals surface area contributed by atoms with Gasteiger partial charge in [-0.15, -0.1) is 11.3 Å². The SMILES string of the molecule is Cc1ccc2nc(-c3ccccc3)c(NC(=O)CN(C)S(=O)(=O)c3ccc(Cl)s3)n2c1. The van der Waals surface area contributed by atoms with E-state index in [1.54, 1.807) is 4.40 Å². The number of aromatic nitrogens is 2. The molecule has 0 saturated heterocycles. The Bertz CT molecular complexity index is 1360. The van der Waals surface area contributed by atoms with Crippen LogP contribution in [-0.4, -0.2) is 41.6 Å². The van der Waals surface area contributed by atoms with Crippen molar-refractivity contribution in [1.82, 2.24) is 13.7 Å². The maximum Gasteiger partial charge on any atom is 0.252 e. The summed E-state index contributed by atoms with van der Waals surface area (Å²) >= 11 is 6.81. The Kier molecular flexibility index (Phi) is 5.85. The molecular formula is C21H19ClN4O3S2. The van der Waals surface area contributed by atoms with Crippen LogP contribution in [0.3, 0.4) is 0 Å². The summed E-state index contributed by atoms with van der Waals surface area (Å²) in [5.41, 5.74) is 3.12. The Labute approximate surface area is 189 Å². The first-order valence-electron chi connectivity index (χ1n) is 9.31. The van der Waals surface area contributed by atoms with E-state index >= 15 is 0 Å². The molecule has 1 aromatic carbocycles. The molecule has 0 bridgehead atoms. The number of benzene rings is 1. The van der Waals surface area contributed by atoms with Gasteiger partial charge in [0.05, 0.1) is 10.9 Å². The number of aryl methyl sites for hydroxylation is 1. The minimum absolute atomic E-state index is 0.0863. The summed E-state index contributed by atoms with van der Waals surface area (Å²) < 4.78 is 28.7. The van der Waals surface area contributed by atoms with Gasteiger partial charge in [0.2, 0.25) is 5.91 Å². The summed E-state index contributed by atoms with van der Waals surface area (Å²) in [6.07, 6.45) is 1.87. The maximum atomic E-state index is 12.8. The number of pyridine rings is 1. The molecule has 4 rings (SSSR count). The number of hydrogen-bond donors (Lipinski definition) is 1. The van der Waals surface area contributed by atoms with Crippen LogP contribution in [0, 0.1) is 6.92 Å². The summed E-state index contributed by atoms with van der Waals surface area (Å²) in [5, 5.41) is 2.85. The number of carbonyl (C=O) groups excluding carboxylic acids is 1. The average Bonchev–Trinajstić information content (AvgIpc) is 3.33. The molecule has 3 heterocycles. The third kappa shape index (κ3) is 4.35. The van der Waals surface area contributed by atoms with Gasteiger partial charge in [0.15, 0.2) is 0 Å². The highest BCUT2D eigenvalue weighted by Crippen LogP contribution is 2.30. The molecule has 7 nitrogen and oxygen atoms in total. The fourth-order valence-electron chi connectivity index (χ4n) is 3.12. The molecule has 3 aromatic heterocycles. The molecule has 1 N–H and O–H groups in total. The number of sulfonamides is 1. The summed E-state index contributed by atoms with van der Waals surface area (Å²) in [6, 6.07) is 16.2. The van der Waals surface area contributed by atoms with Gasteiger partial charge in [0.25, 0.3) is 10.0 Å². The molecule has 0 unspecified atom stereocenters. The van der Waals surface area contributed by atoms with E-state index < -0.39 is 15.9 Å². The molecule has 160 valence electrons. The van der Waals surface area contributed by atoms with Crippen LogP contribution < -0.4 is 5.32 Å². The quantitative estimate of drug-likeness (QED) is 0.452. The lowest BCUT2D eigenvalue weighted by molar-refractivity contribution is -0.116. The second-order valence-electron chi connectivity index (χ2n) is 6.98. The van der Waals surface area contributed by atoms with Crippen LogP contribution in [0.2, 0.25) is 4.34 Å². The van der Waals surface area contributed by atoms with E-state index in [1.165, 1.54) is 19.2 Å². The highest BCUT2D eigenvalue weighted by atomic mass is 35.5. The summed E-state index contributed by atoms with van der Waals surface area (Å²) in [4.78, 5) is 17.5. The topological polar surface area (TPSA) is 83.8 Å². The van der Waals surface area contributed by atoms with Crippen LogP contribution in [0.5, 0.6) is 0 Å². The number of halogens is 1. The number of likely N-dealkylation sites (N-methyl/N-ethyl adjacent to an activating group) is 1. The zero-order valence-corrected chi connectivity index (χ0v) is 19.1.